The molecule has 6 nitrogen and oxygen atoms in total. The number of anilines is 1. The summed E-state index contributed by atoms with van der Waals surface area (Å²) in [7, 11) is 1.68. The van der Waals surface area contributed by atoms with Gasteiger partial charge in [-0.2, -0.15) is 0 Å². The van der Waals surface area contributed by atoms with Gasteiger partial charge >= 0.3 is 0 Å². The van der Waals surface area contributed by atoms with Crippen LogP contribution in [0.5, 0.6) is 0 Å². The Kier molecular flexibility index (Phi) is 5.16. The van der Waals surface area contributed by atoms with E-state index in [1.165, 1.54) is 6.07 Å². The second-order valence-corrected chi connectivity index (χ2v) is 8.11. The maximum Gasteiger partial charge on any atom is 0.272 e. The first-order valence-electron chi connectivity index (χ1n) is 9.93. The van der Waals surface area contributed by atoms with E-state index in [4.69, 9.17) is 4.84 Å². The van der Waals surface area contributed by atoms with E-state index in [0.29, 0.717) is 11.3 Å². The molecule has 1 aliphatic heterocycles. The molecule has 0 bridgehead atoms. The van der Waals surface area contributed by atoms with Crippen molar-refractivity contribution in [3.8, 4) is 11.3 Å². The number of halogens is 2. The van der Waals surface area contributed by atoms with Gasteiger partial charge in [-0.3, -0.25) is 9.59 Å². The molecule has 0 unspecified atom stereocenters. The molecule has 2 heterocycles. The molecule has 1 amide bonds. The quantitative estimate of drug-likeness (QED) is 0.648. The number of carbonyl (C=O) groups excluding carboxylic acids is 2. The van der Waals surface area contributed by atoms with Gasteiger partial charge in [0.1, 0.15) is 23.0 Å². The smallest absolute Gasteiger partial charge is 0.272 e. The molecule has 4 rings (SSSR count). The van der Waals surface area contributed by atoms with Crippen molar-refractivity contribution in [1.82, 2.24) is 4.57 Å². The fourth-order valence-electron chi connectivity index (χ4n) is 3.56. The number of nitrogens with one attached hydrogen (secondary N) is 1. The number of Topliss-reactive ketones (excluding diaryl/α,β-unsaturated/α-hetero) is 1. The molecule has 0 fully saturated rings. The number of oxime groups is 1. The van der Waals surface area contributed by atoms with Crippen molar-refractivity contribution >= 4 is 23.1 Å². The Hall–Kier alpha value is -3.81. The number of hydrogen-bond acceptors (Lipinski definition) is 4. The third-order valence-corrected chi connectivity index (χ3v) is 5.47. The molecule has 0 saturated carbocycles. The van der Waals surface area contributed by atoms with E-state index in [-0.39, 0.29) is 17.2 Å². The highest BCUT2D eigenvalue weighted by Gasteiger charge is 2.40. The summed E-state index contributed by atoms with van der Waals surface area (Å²) in [5.41, 5.74) is 1.91. The minimum Gasteiger partial charge on any atom is -0.381 e. The molecule has 1 aliphatic rings. The van der Waals surface area contributed by atoms with Crippen molar-refractivity contribution in [3.05, 3.63) is 77.0 Å². The van der Waals surface area contributed by atoms with Crippen LogP contribution in [0.3, 0.4) is 0 Å². The third kappa shape index (κ3) is 3.57. The average Bonchev–Trinajstić information content (AvgIpc) is 3.25. The van der Waals surface area contributed by atoms with Gasteiger partial charge in [0, 0.05) is 23.9 Å². The molecule has 8 heteroatoms. The summed E-state index contributed by atoms with van der Waals surface area (Å²) in [5, 5.41) is 6.24. The summed E-state index contributed by atoms with van der Waals surface area (Å²) >= 11 is 0. The lowest BCUT2D eigenvalue weighted by atomic mass is 9.93. The predicted molar refractivity (Wildman–Crippen MR) is 117 cm³/mol. The highest BCUT2D eigenvalue weighted by atomic mass is 19.1. The Morgan fingerprint density at radius 2 is 1.78 bits per heavy atom. The molecule has 0 saturated heterocycles. The molecule has 0 radical (unpaired) electrons. The van der Waals surface area contributed by atoms with E-state index >= 15 is 0 Å². The van der Waals surface area contributed by atoms with Crippen LogP contribution in [0.25, 0.3) is 11.3 Å². The van der Waals surface area contributed by atoms with Crippen LogP contribution in [-0.2, 0) is 16.7 Å². The first-order valence-corrected chi connectivity index (χ1v) is 9.93. The molecule has 0 spiro atoms. The topological polar surface area (TPSA) is 72.7 Å². The number of benzene rings is 2. The van der Waals surface area contributed by atoms with Gasteiger partial charge in [0.25, 0.3) is 5.91 Å². The van der Waals surface area contributed by atoms with Crippen LogP contribution in [0, 0.1) is 18.6 Å². The van der Waals surface area contributed by atoms with Crippen molar-refractivity contribution < 1.29 is 23.2 Å². The van der Waals surface area contributed by atoms with Crippen molar-refractivity contribution in [2.24, 2.45) is 12.2 Å². The molecule has 164 valence electrons. The zero-order valence-corrected chi connectivity index (χ0v) is 18.0. The number of carbonyl (C=O) groups is 2. The Balaban J connectivity index is 1.68. The van der Waals surface area contributed by atoms with Crippen molar-refractivity contribution in [2.75, 3.05) is 5.32 Å². The number of para-hydroxylation sites is 1. The number of hydrogen-bond donors (Lipinski definition) is 1. The third-order valence-electron chi connectivity index (χ3n) is 5.47. The van der Waals surface area contributed by atoms with Crippen LogP contribution in [0.4, 0.5) is 14.5 Å². The summed E-state index contributed by atoms with van der Waals surface area (Å²) in [6.45, 7) is 5.21. The maximum absolute atomic E-state index is 13.9. The number of ketones is 1. The van der Waals surface area contributed by atoms with Gasteiger partial charge in [0.05, 0.1) is 0 Å². The maximum atomic E-state index is 13.9. The Morgan fingerprint density at radius 3 is 2.41 bits per heavy atom. The van der Waals surface area contributed by atoms with E-state index in [1.807, 2.05) is 19.1 Å². The highest BCUT2D eigenvalue weighted by Crippen LogP contribution is 2.30. The lowest BCUT2D eigenvalue weighted by Gasteiger charge is -2.13. The zero-order chi connectivity index (χ0) is 23.2. The van der Waals surface area contributed by atoms with E-state index in [0.717, 1.165) is 23.3 Å². The summed E-state index contributed by atoms with van der Waals surface area (Å²) in [6, 6.07) is 12.1. The molecule has 0 atom stereocenters. The number of aromatic nitrogens is 1. The van der Waals surface area contributed by atoms with Gasteiger partial charge in [-0.1, -0.05) is 23.4 Å². The van der Waals surface area contributed by atoms with Crippen LogP contribution in [0.2, 0.25) is 0 Å². The number of amides is 1. The zero-order valence-electron chi connectivity index (χ0n) is 18.0. The molecule has 0 aliphatic carbocycles. The SMILES string of the molecule is Cc1ccc(C2=NOC(C)(C)C2=O)cc1-c1ccc(C(=O)Nc2c(F)cccc2F)n1C. The van der Waals surface area contributed by atoms with Crippen LogP contribution >= 0.6 is 0 Å². The molecule has 1 aromatic heterocycles. The monoisotopic (exact) mass is 437 g/mol. The van der Waals surface area contributed by atoms with Crippen LogP contribution in [0.1, 0.15) is 35.5 Å². The van der Waals surface area contributed by atoms with Gasteiger partial charge in [-0.25, -0.2) is 8.78 Å². The Morgan fingerprint density at radius 1 is 1.09 bits per heavy atom. The number of rotatable bonds is 4. The van der Waals surface area contributed by atoms with Crippen LogP contribution in [0.15, 0.2) is 53.7 Å². The van der Waals surface area contributed by atoms with Crippen molar-refractivity contribution in [2.45, 2.75) is 26.4 Å². The van der Waals surface area contributed by atoms with Crippen molar-refractivity contribution in [3.63, 3.8) is 0 Å². The second kappa shape index (κ2) is 7.71. The number of nitrogens with zero attached hydrogens (tertiary/aromatic N) is 2. The molecular formula is C24H21F2N3O3. The van der Waals surface area contributed by atoms with Crippen LogP contribution < -0.4 is 5.32 Å². The normalized spacial score (nSPS) is 14.8. The van der Waals surface area contributed by atoms with E-state index in [2.05, 4.69) is 10.5 Å². The summed E-state index contributed by atoms with van der Waals surface area (Å²) in [4.78, 5) is 30.5. The van der Waals surface area contributed by atoms with Gasteiger partial charge < -0.3 is 14.7 Å². The number of aryl methyl sites for hydroxylation is 1. The molecule has 32 heavy (non-hydrogen) atoms. The Bertz CT molecular complexity index is 1270. The average molecular weight is 437 g/mol. The lowest BCUT2D eigenvalue weighted by molar-refractivity contribution is -0.128. The van der Waals surface area contributed by atoms with Gasteiger partial charge in [0.15, 0.2) is 11.3 Å². The molecule has 2 aromatic carbocycles. The van der Waals surface area contributed by atoms with E-state index in [1.54, 1.807) is 43.7 Å². The fourth-order valence-corrected chi connectivity index (χ4v) is 3.56. The first-order chi connectivity index (χ1) is 15.1. The van der Waals surface area contributed by atoms with Crippen LogP contribution in [-0.4, -0.2) is 27.6 Å². The Labute approximate surface area is 183 Å². The van der Waals surface area contributed by atoms with E-state index < -0.39 is 28.8 Å². The molecule has 3 aromatic rings. The van der Waals surface area contributed by atoms with Gasteiger partial charge in [0.2, 0.25) is 5.78 Å². The van der Waals surface area contributed by atoms with Crippen molar-refractivity contribution in [1.29, 1.82) is 0 Å². The summed E-state index contributed by atoms with van der Waals surface area (Å²) in [6.07, 6.45) is 0. The lowest BCUT2D eigenvalue weighted by Crippen LogP contribution is -2.33. The standard InChI is InChI=1S/C24H21F2N3O3/c1-13-8-9-14(20-22(30)24(2,3)32-28-20)12-15(13)18-10-11-19(29(18)4)23(31)27-21-16(25)6-5-7-17(21)26/h5-12H,1-4H3,(H,27,31). The minimum absolute atomic E-state index is 0.214. The highest BCUT2D eigenvalue weighted by molar-refractivity contribution is 6.49. The van der Waals surface area contributed by atoms with E-state index in [9.17, 15) is 18.4 Å². The second-order valence-electron chi connectivity index (χ2n) is 8.11. The first kappa shape index (κ1) is 21.4. The molecule has 1 N–H and O–H groups in total. The molecular weight excluding hydrogens is 416 g/mol. The van der Waals surface area contributed by atoms with Gasteiger partial charge in [-0.05, 0) is 56.7 Å². The minimum atomic E-state index is -1.02. The largest absolute Gasteiger partial charge is 0.381 e. The fraction of sp³-hybridized carbons (Fsp3) is 0.208. The predicted octanol–water partition coefficient (Wildman–Crippen LogP) is 4.61. The summed E-state index contributed by atoms with van der Waals surface area (Å²) in [5.74, 6) is -2.58. The summed E-state index contributed by atoms with van der Waals surface area (Å²) < 4.78 is 29.5. The van der Waals surface area contributed by atoms with Gasteiger partial charge in [-0.15, -0.1) is 0 Å².